The lowest BCUT2D eigenvalue weighted by molar-refractivity contribution is 0.112. The van der Waals surface area contributed by atoms with Crippen LogP contribution in [0.3, 0.4) is 0 Å². The summed E-state index contributed by atoms with van der Waals surface area (Å²) in [4.78, 5) is 11.1. The Hall–Kier alpha value is -0.960. The number of aldehydes is 1. The lowest BCUT2D eigenvalue weighted by atomic mass is 10.2. The van der Waals surface area contributed by atoms with Crippen LogP contribution < -0.4 is 0 Å². The van der Waals surface area contributed by atoms with Crippen molar-refractivity contribution in [2.75, 3.05) is 5.75 Å². The smallest absolute Gasteiger partial charge is 0.150 e. The Kier molecular flexibility index (Phi) is 3.17. The highest BCUT2D eigenvalue weighted by atomic mass is 32.2. The van der Waals surface area contributed by atoms with Gasteiger partial charge in [-0.05, 0) is 12.1 Å². The molecule has 0 fully saturated rings. The predicted octanol–water partition coefficient (Wildman–Crippen LogP) is 1.63. The Bertz CT molecular complexity index is 307. The molecule has 1 rings (SSSR count). The average Bonchev–Trinajstić information content (AvgIpc) is 2.17. The zero-order chi connectivity index (χ0) is 8.97. The van der Waals surface area contributed by atoms with Crippen LogP contribution in [0.2, 0.25) is 0 Å². The second kappa shape index (κ2) is 4.16. The van der Waals surface area contributed by atoms with E-state index in [9.17, 15) is 9.00 Å². The van der Waals surface area contributed by atoms with Crippen LogP contribution in [0.1, 0.15) is 17.3 Å². The molecule has 2 nitrogen and oxygen atoms in total. The van der Waals surface area contributed by atoms with Crippen molar-refractivity contribution in [3.05, 3.63) is 29.8 Å². The van der Waals surface area contributed by atoms with Crippen LogP contribution >= 0.6 is 0 Å². The highest BCUT2D eigenvalue weighted by Gasteiger charge is 2.00. The first-order valence-electron chi connectivity index (χ1n) is 3.71. The molecule has 0 saturated carbocycles. The molecule has 0 spiro atoms. The Morgan fingerprint density at radius 2 is 2.25 bits per heavy atom. The molecule has 0 aliphatic carbocycles. The summed E-state index contributed by atoms with van der Waals surface area (Å²) in [5, 5.41) is 0. The SMILES string of the molecule is CCS(=O)c1cccc(C=O)c1. The van der Waals surface area contributed by atoms with Crippen molar-refractivity contribution in [3.8, 4) is 0 Å². The van der Waals surface area contributed by atoms with E-state index in [-0.39, 0.29) is 0 Å². The van der Waals surface area contributed by atoms with Crippen molar-refractivity contribution in [2.24, 2.45) is 0 Å². The van der Waals surface area contributed by atoms with Gasteiger partial charge in [0, 0.05) is 16.2 Å². The van der Waals surface area contributed by atoms with E-state index in [1.165, 1.54) is 0 Å². The van der Waals surface area contributed by atoms with Crippen LogP contribution in [0.5, 0.6) is 0 Å². The van der Waals surface area contributed by atoms with Gasteiger partial charge in [-0.1, -0.05) is 19.1 Å². The highest BCUT2D eigenvalue weighted by Crippen LogP contribution is 2.08. The highest BCUT2D eigenvalue weighted by molar-refractivity contribution is 7.85. The summed E-state index contributed by atoms with van der Waals surface area (Å²) in [6.45, 7) is 1.85. The first-order valence-corrected chi connectivity index (χ1v) is 5.03. The summed E-state index contributed by atoms with van der Waals surface area (Å²) in [7, 11) is -0.961. The molecular formula is C9H10O2S. The number of rotatable bonds is 3. The van der Waals surface area contributed by atoms with E-state index < -0.39 is 10.8 Å². The fourth-order valence-corrected chi connectivity index (χ4v) is 1.73. The van der Waals surface area contributed by atoms with Gasteiger partial charge in [0.05, 0.1) is 10.8 Å². The Morgan fingerprint density at radius 3 is 2.83 bits per heavy atom. The molecule has 1 aromatic rings. The van der Waals surface area contributed by atoms with Gasteiger partial charge in [0.15, 0.2) is 0 Å². The Balaban J connectivity index is 3.01. The van der Waals surface area contributed by atoms with E-state index in [0.29, 0.717) is 11.3 Å². The van der Waals surface area contributed by atoms with Gasteiger partial charge < -0.3 is 0 Å². The van der Waals surface area contributed by atoms with E-state index >= 15 is 0 Å². The molecule has 0 aliphatic rings. The van der Waals surface area contributed by atoms with E-state index in [1.54, 1.807) is 24.3 Å². The van der Waals surface area contributed by atoms with Gasteiger partial charge in [-0.3, -0.25) is 9.00 Å². The minimum atomic E-state index is -0.961. The van der Waals surface area contributed by atoms with Crippen LogP contribution in [0, 0.1) is 0 Å². The lowest BCUT2D eigenvalue weighted by Crippen LogP contribution is -1.94. The van der Waals surface area contributed by atoms with Gasteiger partial charge in [-0.2, -0.15) is 0 Å². The van der Waals surface area contributed by atoms with E-state index in [0.717, 1.165) is 11.2 Å². The van der Waals surface area contributed by atoms with Crippen LogP contribution in [-0.2, 0) is 10.8 Å². The summed E-state index contributed by atoms with van der Waals surface area (Å²) in [5.41, 5.74) is 0.578. The fourth-order valence-electron chi connectivity index (χ4n) is 0.896. The molecule has 0 N–H and O–H groups in total. The molecule has 0 aliphatic heterocycles. The zero-order valence-electron chi connectivity index (χ0n) is 6.82. The van der Waals surface area contributed by atoms with Crippen molar-refractivity contribution in [1.82, 2.24) is 0 Å². The topological polar surface area (TPSA) is 34.1 Å². The monoisotopic (exact) mass is 182 g/mol. The van der Waals surface area contributed by atoms with Gasteiger partial charge in [0.25, 0.3) is 0 Å². The third-order valence-corrected chi connectivity index (χ3v) is 2.82. The van der Waals surface area contributed by atoms with Gasteiger partial charge >= 0.3 is 0 Å². The summed E-state index contributed by atoms with van der Waals surface area (Å²) in [6.07, 6.45) is 0.760. The molecule has 1 atom stereocenters. The standard InChI is InChI=1S/C9H10O2S/c1-2-12(11)9-5-3-4-8(6-9)7-10/h3-7H,2H2,1H3. The minimum Gasteiger partial charge on any atom is -0.298 e. The average molecular weight is 182 g/mol. The molecule has 0 saturated heterocycles. The van der Waals surface area contributed by atoms with E-state index in [1.807, 2.05) is 6.92 Å². The van der Waals surface area contributed by atoms with Crippen LogP contribution in [0.25, 0.3) is 0 Å². The van der Waals surface area contributed by atoms with Gasteiger partial charge in [-0.25, -0.2) is 0 Å². The van der Waals surface area contributed by atoms with E-state index in [4.69, 9.17) is 0 Å². The summed E-state index contributed by atoms with van der Waals surface area (Å²) in [5.74, 6) is 0.586. The summed E-state index contributed by atoms with van der Waals surface area (Å²) >= 11 is 0. The third kappa shape index (κ3) is 2.01. The number of hydrogen-bond donors (Lipinski definition) is 0. The number of hydrogen-bond acceptors (Lipinski definition) is 2. The van der Waals surface area contributed by atoms with Gasteiger partial charge in [0.1, 0.15) is 6.29 Å². The first kappa shape index (κ1) is 9.13. The molecule has 1 aromatic carbocycles. The molecule has 0 aromatic heterocycles. The minimum absolute atomic E-state index is 0.578. The number of carbonyl (C=O) groups is 1. The van der Waals surface area contributed by atoms with Crippen molar-refractivity contribution >= 4 is 17.1 Å². The maximum Gasteiger partial charge on any atom is 0.150 e. The maximum absolute atomic E-state index is 11.3. The quantitative estimate of drug-likeness (QED) is 0.666. The van der Waals surface area contributed by atoms with Crippen molar-refractivity contribution in [1.29, 1.82) is 0 Å². The third-order valence-electron chi connectivity index (χ3n) is 1.52. The largest absolute Gasteiger partial charge is 0.298 e. The Labute approximate surface area is 74.1 Å². The summed E-state index contributed by atoms with van der Waals surface area (Å²) in [6, 6.07) is 6.87. The molecule has 3 heteroatoms. The second-order valence-electron chi connectivity index (χ2n) is 2.32. The predicted molar refractivity (Wildman–Crippen MR) is 48.8 cm³/mol. The number of carbonyl (C=O) groups excluding carboxylic acids is 1. The van der Waals surface area contributed by atoms with Crippen LogP contribution in [-0.4, -0.2) is 16.2 Å². The van der Waals surface area contributed by atoms with Crippen molar-refractivity contribution in [2.45, 2.75) is 11.8 Å². The maximum atomic E-state index is 11.3. The first-order chi connectivity index (χ1) is 5.77. The molecule has 0 radical (unpaired) electrons. The van der Waals surface area contributed by atoms with Crippen molar-refractivity contribution in [3.63, 3.8) is 0 Å². The molecule has 12 heavy (non-hydrogen) atoms. The van der Waals surface area contributed by atoms with Crippen LogP contribution in [0.15, 0.2) is 29.2 Å². The van der Waals surface area contributed by atoms with Gasteiger partial charge in [-0.15, -0.1) is 0 Å². The Morgan fingerprint density at radius 1 is 1.50 bits per heavy atom. The zero-order valence-corrected chi connectivity index (χ0v) is 7.64. The molecule has 64 valence electrons. The van der Waals surface area contributed by atoms with Crippen molar-refractivity contribution < 1.29 is 9.00 Å². The molecule has 0 heterocycles. The molecule has 0 bridgehead atoms. The molecule has 0 amide bonds. The van der Waals surface area contributed by atoms with Gasteiger partial charge in [0.2, 0.25) is 0 Å². The number of benzene rings is 1. The van der Waals surface area contributed by atoms with E-state index in [2.05, 4.69) is 0 Å². The second-order valence-corrected chi connectivity index (χ2v) is 4.06. The van der Waals surface area contributed by atoms with Crippen LogP contribution in [0.4, 0.5) is 0 Å². The summed E-state index contributed by atoms with van der Waals surface area (Å²) < 4.78 is 11.3. The fraction of sp³-hybridized carbons (Fsp3) is 0.222. The lowest BCUT2D eigenvalue weighted by Gasteiger charge is -1.98. The molecular weight excluding hydrogens is 172 g/mol. The normalized spacial score (nSPS) is 12.4. The molecule has 1 unspecified atom stereocenters.